The Bertz CT molecular complexity index is 1180. The number of ether oxygens (including phenoxy) is 1. The van der Waals surface area contributed by atoms with Gasteiger partial charge in [0.25, 0.3) is 0 Å². The summed E-state index contributed by atoms with van der Waals surface area (Å²) in [6.07, 6.45) is 3.50. The molecule has 0 aromatic heterocycles. The molecule has 0 spiro atoms. The molecule has 5 heterocycles. The normalized spacial score (nSPS) is 44.0. The average molecular weight is 646 g/mol. The fourth-order valence-corrected chi connectivity index (χ4v) is 9.77. The number of hydrogen-bond acceptors (Lipinski definition) is 7. The van der Waals surface area contributed by atoms with Gasteiger partial charge < -0.3 is 25.2 Å². The quantitative estimate of drug-likeness (QED) is 0.319. The third kappa shape index (κ3) is 6.29. The third-order valence-corrected chi connectivity index (χ3v) is 11.9. The van der Waals surface area contributed by atoms with Crippen molar-refractivity contribution in [3.8, 4) is 6.07 Å². The molecule has 0 aromatic rings. The molecule has 11 unspecified atom stereocenters. The van der Waals surface area contributed by atoms with Crippen molar-refractivity contribution in [3.63, 3.8) is 0 Å². The van der Waals surface area contributed by atoms with Crippen molar-refractivity contribution >= 4 is 11.9 Å². The van der Waals surface area contributed by atoms with E-state index in [1.165, 1.54) is 12.2 Å². The lowest BCUT2D eigenvalue weighted by Gasteiger charge is -2.60. The Labute approximate surface area is 272 Å². The summed E-state index contributed by atoms with van der Waals surface area (Å²) in [5, 5.41) is 19.6. The molecule has 13 atom stereocenters. The van der Waals surface area contributed by atoms with Gasteiger partial charge in [-0.3, -0.25) is 15.0 Å². The molecule has 5 aliphatic heterocycles. The molecule has 0 aromatic carbocycles. The van der Waals surface area contributed by atoms with Crippen LogP contribution < -0.4 is 16.0 Å². The number of amides is 3. The summed E-state index contributed by atoms with van der Waals surface area (Å²) in [5.41, 5.74) is 0. The van der Waals surface area contributed by atoms with Gasteiger partial charge in [-0.25, -0.2) is 13.6 Å². The third-order valence-electron chi connectivity index (χ3n) is 11.9. The van der Waals surface area contributed by atoms with Gasteiger partial charge in [-0.1, -0.05) is 13.8 Å². The van der Waals surface area contributed by atoms with E-state index in [2.05, 4.69) is 34.7 Å². The number of fused-ring (bicyclic) bond motifs is 5. The first-order valence-electron chi connectivity index (χ1n) is 17.7. The van der Waals surface area contributed by atoms with Crippen molar-refractivity contribution in [1.29, 1.82) is 5.26 Å². The van der Waals surface area contributed by atoms with E-state index in [-0.39, 0.29) is 66.4 Å². The predicted octanol–water partition coefficient (Wildman–Crippen LogP) is 3.30. The number of nitrogens with zero attached hydrogens (tertiary/aromatic N) is 4. The Morgan fingerprint density at radius 1 is 1.07 bits per heavy atom. The number of carbonyl (C=O) groups excluding carboxylic acids is 2. The van der Waals surface area contributed by atoms with Crippen molar-refractivity contribution in [3.05, 3.63) is 12.2 Å². The van der Waals surface area contributed by atoms with Gasteiger partial charge in [0.1, 0.15) is 12.3 Å². The molecule has 1 saturated carbocycles. The van der Waals surface area contributed by atoms with E-state index in [0.29, 0.717) is 26.1 Å². The first-order valence-corrected chi connectivity index (χ1v) is 17.7. The Balaban J connectivity index is 1.36. The summed E-state index contributed by atoms with van der Waals surface area (Å²) < 4.78 is 38.8. The summed E-state index contributed by atoms with van der Waals surface area (Å²) in [6.45, 7) is 10.7. The second-order valence-corrected chi connectivity index (χ2v) is 15.0. The number of urea groups is 1. The number of piperidine rings is 2. The van der Waals surface area contributed by atoms with Crippen LogP contribution in [0.2, 0.25) is 0 Å². The van der Waals surface area contributed by atoms with Crippen LogP contribution in [0.25, 0.3) is 0 Å². The molecule has 6 fully saturated rings. The molecule has 10 nitrogen and oxygen atoms in total. The summed E-state index contributed by atoms with van der Waals surface area (Å²) >= 11 is 0. The second kappa shape index (κ2) is 14.0. The van der Waals surface area contributed by atoms with Gasteiger partial charge in [0.2, 0.25) is 5.91 Å². The van der Waals surface area contributed by atoms with Gasteiger partial charge in [0, 0.05) is 67.9 Å². The number of alkyl halides is 2. The second-order valence-electron chi connectivity index (χ2n) is 15.0. The molecule has 6 aliphatic rings. The molecule has 256 valence electrons. The lowest BCUT2D eigenvalue weighted by molar-refractivity contribution is -0.139. The summed E-state index contributed by atoms with van der Waals surface area (Å²) in [5.74, 6) is -0.586. The summed E-state index contributed by atoms with van der Waals surface area (Å²) in [7, 11) is 0. The molecule has 5 saturated heterocycles. The summed E-state index contributed by atoms with van der Waals surface area (Å²) in [4.78, 5) is 33.3. The molecule has 3 N–H and O–H groups in total. The highest BCUT2D eigenvalue weighted by molar-refractivity contribution is 5.88. The molecule has 3 amide bonds. The van der Waals surface area contributed by atoms with Crippen molar-refractivity contribution in [2.24, 2.45) is 23.7 Å². The smallest absolute Gasteiger partial charge is 0.320 e. The SMILES string of the molecule is CC(C)C1NCCC2CCCOC3CCCC(F)C3C3NC4C(CC3F)C(N3C[C@@H](C)N(C(=O)/C=C/C#N)C[C@@H]3C)NC(=O)N4C21. The lowest BCUT2D eigenvalue weighted by Crippen LogP contribution is -2.80. The Hall–Kier alpha value is -2.33. The zero-order valence-electron chi connectivity index (χ0n) is 27.8. The van der Waals surface area contributed by atoms with E-state index in [1.54, 1.807) is 4.90 Å². The van der Waals surface area contributed by atoms with Crippen molar-refractivity contribution in [1.82, 2.24) is 30.7 Å². The van der Waals surface area contributed by atoms with E-state index in [9.17, 15) is 9.59 Å². The largest absolute Gasteiger partial charge is 0.378 e. The molecule has 0 radical (unpaired) electrons. The van der Waals surface area contributed by atoms with Gasteiger partial charge in [0.05, 0.1) is 30.5 Å². The van der Waals surface area contributed by atoms with Crippen LogP contribution in [0.5, 0.6) is 0 Å². The average Bonchev–Trinajstić information content (AvgIpc) is 3.02. The molecule has 1 aliphatic carbocycles. The summed E-state index contributed by atoms with van der Waals surface area (Å²) in [6, 6.07) is 0.642. The number of rotatable bonds is 3. The number of nitriles is 1. The zero-order valence-corrected chi connectivity index (χ0v) is 27.8. The van der Waals surface area contributed by atoms with Gasteiger partial charge >= 0.3 is 6.03 Å². The van der Waals surface area contributed by atoms with Crippen LogP contribution in [0.15, 0.2) is 12.2 Å². The molecule has 12 heteroatoms. The van der Waals surface area contributed by atoms with E-state index >= 15 is 8.78 Å². The highest BCUT2D eigenvalue weighted by Crippen LogP contribution is 2.43. The Morgan fingerprint density at radius 3 is 2.63 bits per heavy atom. The van der Waals surface area contributed by atoms with Crippen LogP contribution in [0, 0.1) is 35.0 Å². The number of nitrogens with one attached hydrogen (secondary N) is 3. The standard InChI is InChI=1S/C34H53F2N7O3/c1-19(2)29-31-22(12-14-38-29)8-7-15-46-26-10-5-9-24(35)28(26)30-25(36)16-23-32(40-34(45)43(31)33(23)39-30)42-18-20(3)41(17-21(42)4)27(44)11-6-13-37/h6,11,19-26,28-33,38-39H,5,7-10,12,14-18H2,1-4H3,(H,40,45)/b11-6+/t20-,21+,22?,23?,24?,25?,26?,28?,29?,30?,31?,32?,33?/m1/s1. The Kier molecular flexibility index (Phi) is 10.2. The zero-order chi connectivity index (χ0) is 32.7. The van der Waals surface area contributed by atoms with E-state index in [0.717, 1.165) is 38.6 Å². The molecular weight excluding hydrogens is 592 g/mol. The molecule has 6 rings (SSSR count). The number of carbonyl (C=O) groups is 2. The van der Waals surface area contributed by atoms with Crippen LogP contribution in [-0.2, 0) is 9.53 Å². The van der Waals surface area contributed by atoms with E-state index < -0.39 is 36.6 Å². The van der Waals surface area contributed by atoms with Crippen molar-refractivity contribution in [2.75, 3.05) is 26.2 Å². The van der Waals surface area contributed by atoms with E-state index in [4.69, 9.17) is 10.00 Å². The van der Waals surface area contributed by atoms with Crippen LogP contribution in [0.1, 0.15) is 72.6 Å². The number of piperazine rings is 1. The highest BCUT2D eigenvalue weighted by Gasteiger charge is 2.57. The van der Waals surface area contributed by atoms with Gasteiger partial charge in [0.15, 0.2) is 0 Å². The maximum absolute atomic E-state index is 16.6. The molecular formula is C34H53F2N7O3. The maximum atomic E-state index is 16.6. The minimum atomic E-state index is -1.30. The lowest BCUT2D eigenvalue weighted by atomic mass is 9.72. The minimum Gasteiger partial charge on any atom is -0.378 e. The molecule has 2 bridgehead atoms. The fourth-order valence-electron chi connectivity index (χ4n) is 9.77. The number of halogens is 2. The van der Waals surface area contributed by atoms with Gasteiger partial charge in [-0.05, 0) is 77.2 Å². The highest BCUT2D eigenvalue weighted by atomic mass is 19.1. The maximum Gasteiger partial charge on any atom is 0.320 e. The number of hydrogen-bond donors (Lipinski definition) is 3. The number of allylic oxidation sites excluding steroid dienone is 1. The van der Waals surface area contributed by atoms with Gasteiger partial charge in [-0.2, -0.15) is 5.26 Å². The predicted molar refractivity (Wildman–Crippen MR) is 170 cm³/mol. The van der Waals surface area contributed by atoms with Crippen LogP contribution in [-0.4, -0.2) is 114 Å². The monoisotopic (exact) mass is 645 g/mol. The minimum absolute atomic E-state index is 0.0697. The first-order chi connectivity index (χ1) is 22.1. The van der Waals surface area contributed by atoms with E-state index in [1.807, 2.05) is 24.8 Å². The molecule has 46 heavy (non-hydrogen) atoms. The van der Waals surface area contributed by atoms with Crippen LogP contribution in [0.4, 0.5) is 13.6 Å². The first kappa shape index (κ1) is 33.6. The van der Waals surface area contributed by atoms with Gasteiger partial charge in [-0.15, -0.1) is 0 Å². The van der Waals surface area contributed by atoms with Crippen molar-refractivity contribution in [2.45, 2.75) is 134 Å². The van der Waals surface area contributed by atoms with Crippen molar-refractivity contribution < 1.29 is 23.1 Å². The Morgan fingerprint density at radius 2 is 1.87 bits per heavy atom. The fraction of sp³-hybridized carbons (Fsp3) is 0.853. The van der Waals surface area contributed by atoms with Crippen LogP contribution in [0.3, 0.4) is 0 Å². The van der Waals surface area contributed by atoms with Crippen LogP contribution >= 0.6 is 0 Å². The topological polar surface area (TPSA) is 113 Å².